The van der Waals surface area contributed by atoms with Gasteiger partial charge in [-0.25, -0.2) is 0 Å². The summed E-state index contributed by atoms with van der Waals surface area (Å²) >= 11 is 0. The van der Waals surface area contributed by atoms with Crippen molar-refractivity contribution in [1.29, 1.82) is 0 Å². The van der Waals surface area contributed by atoms with Crippen molar-refractivity contribution >= 4 is 22.9 Å². The van der Waals surface area contributed by atoms with Gasteiger partial charge in [0.25, 0.3) is 0 Å². The average molecular weight is 261 g/mol. The number of fused-ring (bicyclic) bond motifs is 1. The summed E-state index contributed by atoms with van der Waals surface area (Å²) in [5.41, 5.74) is 2.33. The molecule has 2 heteroatoms. The van der Waals surface area contributed by atoms with Crippen LogP contribution in [0.3, 0.4) is 0 Å². The number of methoxy groups -OCH3 is 1. The summed E-state index contributed by atoms with van der Waals surface area (Å²) in [5.74, 6) is 0.887. The second kappa shape index (κ2) is 5.57. The average Bonchev–Trinajstić information content (AvgIpc) is 2.53. The predicted octanol–water partition coefficient (Wildman–Crippen LogP) is 4.41. The number of ether oxygens (including phenoxy) is 1. The van der Waals surface area contributed by atoms with E-state index in [1.807, 2.05) is 24.3 Å². The highest BCUT2D eigenvalue weighted by atomic mass is 16.5. The molecule has 98 valence electrons. The number of hydrogen-bond acceptors (Lipinski definition) is 2. The summed E-state index contributed by atoms with van der Waals surface area (Å²) in [6, 6.07) is 16.5. The molecule has 3 aromatic rings. The molecule has 0 N–H and O–H groups in total. The number of pyridine rings is 1. The summed E-state index contributed by atoms with van der Waals surface area (Å²) in [7, 11) is 1.69. The maximum atomic E-state index is 5.24. The monoisotopic (exact) mass is 261 g/mol. The van der Waals surface area contributed by atoms with Crippen molar-refractivity contribution in [1.82, 2.24) is 4.98 Å². The Labute approximate surface area is 118 Å². The molecular weight excluding hydrogens is 246 g/mol. The highest BCUT2D eigenvalue weighted by Crippen LogP contribution is 2.22. The SMILES string of the molecule is COc1ccc2cc(/C=C/c3ccncc3)ccc2c1. The summed E-state index contributed by atoms with van der Waals surface area (Å²) in [6.45, 7) is 0. The van der Waals surface area contributed by atoms with Gasteiger partial charge in [-0.3, -0.25) is 4.98 Å². The number of rotatable bonds is 3. The molecular formula is C18H15NO. The molecule has 1 heterocycles. The van der Waals surface area contributed by atoms with E-state index in [9.17, 15) is 0 Å². The number of aromatic nitrogens is 1. The first-order valence-electron chi connectivity index (χ1n) is 6.51. The lowest BCUT2D eigenvalue weighted by atomic mass is 10.1. The zero-order valence-corrected chi connectivity index (χ0v) is 11.3. The van der Waals surface area contributed by atoms with Gasteiger partial charge in [-0.15, -0.1) is 0 Å². The Morgan fingerprint density at radius 3 is 2.30 bits per heavy atom. The molecule has 0 aliphatic rings. The molecule has 0 fully saturated rings. The lowest BCUT2D eigenvalue weighted by Crippen LogP contribution is -1.82. The number of hydrogen-bond donors (Lipinski definition) is 0. The van der Waals surface area contributed by atoms with Gasteiger partial charge in [0.2, 0.25) is 0 Å². The standard InChI is InChI=1S/C18H15NO/c1-20-18-7-6-16-12-15(4-5-17(16)13-18)3-2-14-8-10-19-11-9-14/h2-13H,1H3/b3-2+. The third kappa shape index (κ3) is 2.69. The van der Waals surface area contributed by atoms with Crippen molar-refractivity contribution in [3.8, 4) is 5.75 Å². The third-order valence-corrected chi connectivity index (χ3v) is 3.25. The molecule has 0 unspecified atom stereocenters. The van der Waals surface area contributed by atoms with Crippen LogP contribution in [0.15, 0.2) is 60.9 Å². The zero-order chi connectivity index (χ0) is 13.8. The van der Waals surface area contributed by atoms with E-state index in [4.69, 9.17) is 4.74 Å². The Balaban J connectivity index is 1.91. The van der Waals surface area contributed by atoms with E-state index >= 15 is 0 Å². The van der Waals surface area contributed by atoms with Crippen LogP contribution in [0.2, 0.25) is 0 Å². The first kappa shape index (κ1) is 12.4. The molecule has 0 saturated carbocycles. The Morgan fingerprint density at radius 1 is 0.800 bits per heavy atom. The maximum Gasteiger partial charge on any atom is 0.119 e. The van der Waals surface area contributed by atoms with E-state index in [1.54, 1.807) is 19.5 Å². The topological polar surface area (TPSA) is 22.1 Å². The highest BCUT2D eigenvalue weighted by Gasteiger charge is 1.97. The maximum absolute atomic E-state index is 5.24. The first-order chi connectivity index (χ1) is 9.85. The molecule has 0 aliphatic heterocycles. The molecule has 20 heavy (non-hydrogen) atoms. The summed E-state index contributed by atoms with van der Waals surface area (Å²) in [4.78, 5) is 4.01. The van der Waals surface area contributed by atoms with Crippen molar-refractivity contribution in [2.24, 2.45) is 0 Å². The Kier molecular flexibility index (Phi) is 3.46. The molecule has 0 spiro atoms. The second-order valence-electron chi connectivity index (χ2n) is 4.59. The van der Waals surface area contributed by atoms with Gasteiger partial charge >= 0.3 is 0 Å². The minimum Gasteiger partial charge on any atom is -0.497 e. The fraction of sp³-hybridized carbons (Fsp3) is 0.0556. The van der Waals surface area contributed by atoms with Crippen molar-refractivity contribution in [2.75, 3.05) is 7.11 Å². The van der Waals surface area contributed by atoms with Crippen LogP contribution in [0.1, 0.15) is 11.1 Å². The van der Waals surface area contributed by atoms with Crippen LogP contribution in [0.25, 0.3) is 22.9 Å². The largest absolute Gasteiger partial charge is 0.497 e. The van der Waals surface area contributed by atoms with Crippen LogP contribution in [0, 0.1) is 0 Å². The Hall–Kier alpha value is -2.61. The lowest BCUT2D eigenvalue weighted by molar-refractivity contribution is 0.415. The van der Waals surface area contributed by atoms with E-state index in [2.05, 4.69) is 41.4 Å². The molecule has 0 bridgehead atoms. The molecule has 2 aromatic carbocycles. The van der Waals surface area contributed by atoms with Gasteiger partial charge in [-0.2, -0.15) is 0 Å². The predicted molar refractivity (Wildman–Crippen MR) is 83.7 cm³/mol. The van der Waals surface area contributed by atoms with Crippen LogP contribution in [-0.2, 0) is 0 Å². The van der Waals surface area contributed by atoms with Crippen molar-refractivity contribution < 1.29 is 4.74 Å². The van der Waals surface area contributed by atoms with Gasteiger partial charge in [-0.1, -0.05) is 30.4 Å². The van der Waals surface area contributed by atoms with E-state index < -0.39 is 0 Å². The quantitative estimate of drug-likeness (QED) is 0.696. The summed E-state index contributed by atoms with van der Waals surface area (Å²) in [5, 5.41) is 2.40. The van der Waals surface area contributed by atoms with Gasteiger partial charge in [0, 0.05) is 12.4 Å². The fourth-order valence-electron chi connectivity index (χ4n) is 2.14. The zero-order valence-electron chi connectivity index (χ0n) is 11.3. The van der Waals surface area contributed by atoms with E-state index in [0.717, 1.165) is 11.3 Å². The van der Waals surface area contributed by atoms with Crippen molar-refractivity contribution in [3.63, 3.8) is 0 Å². The third-order valence-electron chi connectivity index (χ3n) is 3.25. The molecule has 0 aliphatic carbocycles. The first-order valence-corrected chi connectivity index (χ1v) is 6.51. The van der Waals surface area contributed by atoms with Crippen molar-refractivity contribution in [2.45, 2.75) is 0 Å². The molecule has 0 saturated heterocycles. The van der Waals surface area contributed by atoms with Gasteiger partial charge in [0.05, 0.1) is 7.11 Å². The lowest BCUT2D eigenvalue weighted by Gasteiger charge is -2.03. The minimum atomic E-state index is 0.887. The molecule has 0 amide bonds. The van der Waals surface area contributed by atoms with Crippen LogP contribution in [0.5, 0.6) is 5.75 Å². The molecule has 0 radical (unpaired) electrons. The Morgan fingerprint density at radius 2 is 1.50 bits per heavy atom. The number of nitrogens with zero attached hydrogens (tertiary/aromatic N) is 1. The van der Waals surface area contributed by atoms with E-state index in [-0.39, 0.29) is 0 Å². The molecule has 3 rings (SSSR count). The van der Waals surface area contributed by atoms with Gasteiger partial charge in [-0.05, 0) is 52.2 Å². The van der Waals surface area contributed by atoms with Crippen molar-refractivity contribution in [3.05, 3.63) is 72.1 Å². The van der Waals surface area contributed by atoms with Crippen LogP contribution in [0.4, 0.5) is 0 Å². The van der Waals surface area contributed by atoms with Crippen LogP contribution < -0.4 is 4.74 Å². The van der Waals surface area contributed by atoms with E-state index in [1.165, 1.54) is 16.3 Å². The van der Waals surface area contributed by atoms with Crippen LogP contribution >= 0.6 is 0 Å². The van der Waals surface area contributed by atoms with Gasteiger partial charge < -0.3 is 4.74 Å². The smallest absolute Gasteiger partial charge is 0.119 e. The van der Waals surface area contributed by atoms with E-state index in [0.29, 0.717) is 0 Å². The summed E-state index contributed by atoms with van der Waals surface area (Å²) < 4.78 is 5.24. The minimum absolute atomic E-state index is 0.887. The fourth-order valence-corrected chi connectivity index (χ4v) is 2.14. The molecule has 0 atom stereocenters. The second-order valence-corrected chi connectivity index (χ2v) is 4.59. The molecule has 2 nitrogen and oxygen atoms in total. The normalized spacial score (nSPS) is 11.1. The Bertz CT molecular complexity index is 748. The van der Waals surface area contributed by atoms with Gasteiger partial charge in [0.1, 0.15) is 5.75 Å². The molecule has 1 aromatic heterocycles. The van der Waals surface area contributed by atoms with Gasteiger partial charge in [0.15, 0.2) is 0 Å². The highest BCUT2D eigenvalue weighted by molar-refractivity contribution is 5.87. The van der Waals surface area contributed by atoms with Crippen LogP contribution in [-0.4, -0.2) is 12.1 Å². The summed E-state index contributed by atoms with van der Waals surface area (Å²) in [6.07, 6.45) is 7.80. The number of benzene rings is 2.